The van der Waals surface area contributed by atoms with Gasteiger partial charge < -0.3 is 16.0 Å². The topological polar surface area (TPSA) is 95.2 Å². The van der Waals surface area contributed by atoms with Crippen LogP contribution in [0.4, 0.5) is 19.6 Å². The summed E-state index contributed by atoms with van der Waals surface area (Å²) in [5.74, 6) is -0.970. The molecule has 2 aromatic rings. The third kappa shape index (κ3) is 6.27. The van der Waals surface area contributed by atoms with Crippen molar-refractivity contribution in [2.45, 2.75) is 30.2 Å². The molecular formula is C18H22ClF2N5O2S2. The van der Waals surface area contributed by atoms with Crippen LogP contribution in [0, 0.1) is 10.9 Å². The van der Waals surface area contributed by atoms with Crippen molar-refractivity contribution >= 4 is 43.8 Å². The second kappa shape index (κ2) is 10.4. The fourth-order valence-corrected chi connectivity index (χ4v) is 4.83. The first-order valence-corrected chi connectivity index (χ1v) is 12.0. The van der Waals surface area contributed by atoms with Crippen LogP contribution >= 0.6 is 22.9 Å². The first kappa shape index (κ1) is 22.7. The van der Waals surface area contributed by atoms with E-state index < -0.39 is 25.9 Å². The summed E-state index contributed by atoms with van der Waals surface area (Å²) < 4.78 is 54.1. The van der Waals surface area contributed by atoms with E-state index in [2.05, 4.69) is 27.0 Å². The summed E-state index contributed by atoms with van der Waals surface area (Å²) in [6.45, 7) is 2.43. The van der Waals surface area contributed by atoms with Gasteiger partial charge in [0.05, 0.1) is 16.9 Å². The third-order valence-corrected chi connectivity index (χ3v) is 6.88. The number of nitrogens with zero attached hydrogens (tertiary/aromatic N) is 1. The number of rotatable bonds is 11. The van der Waals surface area contributed by atoms with E-state index in [0.29, 0.717) is 29.6 Å². The van der Waals surface area contributed by atoms with E-state index in [1.165, 1.54) is 6.42 Å². The molecule has 1 saturated heterocycles. The highest BCUT2D eigenvalue weighted by molar-refractivity contribution is 7.93. The zero-order chi connectivity index (χ0) is 21.6. The van der Waals surface area contributed by atoms with Crippen molar-refractivity contribution in [2.24, 2.45) is 0 Å². The molecule has 1 aromatic heterocycles. The molecule has 30 heavy (non-hydrogen) atoms. The highest BCUT2D eigenvalue weighted by Crippen LogP contribution is 2.29. The molecule has 0 spiro atoms. The van der Waals surface area contributed by atoms with Crippen LogP contribution in [-0.2, 0) is 10.0 Å². The molecule has 1 aliphatic rings. The molecule has 0 radical (unpaired) electrons. The predicted octanol–water partition coefficient (Wildman–Crippen LogP) is 3.53. The summed E-state index contributed by atoms with van der Waals surface area (Å²) in [5, 5.41) is 8.70. The molecule has 7 nitrogen and oxygen atoms in total. The summed E-state index contributed by atoms with van der Waals surface area (Å²) in [6, 6.07) is 2.53. The molecule has 0 saturated carbocycles. The Hall–Kier alpha value is -1.95. The Morgan fingerprint density at radius 3 is 2.73 bits per heavy atom. The average Bonchev–Trinajstić information content (AvgIpc) is 3.05. The minimum Gasteiger partial charge on any atom is -0.391 e. The lowest BCUT2D eigenvalue weighted by molar-refractivity contribution is 0.435. The maximum atomic E-state index is 14.4. The Bertz CT molecular complexity index is 996. The van der Waals surface area contributed by atoms with Gasteiger partial charge in [-0.25, -0.2) is 17.8 Å². The van der Waals surface area contributed by atoms with E-state index in [4.69, 9.17) is 11.6 Å². The fraction of sp³-hybridized carbons (Fsp3) is 0.389. The number of anilines is 2. The summed E-state index contributed by atoms with van der Waals surface area (Å²) in [5.41, 5.74) is 0.303. The van der Waals surface area contributed by atoms with E-state index >= 15 is 0 Å². The lowest BCUT2D eigenvalue weighted by Gasteiger charge is -2.23. The fourth-order valence-electron chi connectivity index (χ4n) is 2.66. The number of hydrogen-bond donors (Lipinski definition) is 4. The molecule has 1 unspecified atom stereocenters. The molecule has 12 heteroatoms. The van der Waals surface area contributed by atoms with Gasteiger partial charge in [0.15, 0.2) is 10.3 Å². The maximum absolute atomic E-state index is 14.4. The molecule has 1 atom stereocenters. The lowest BCUT2D eigenvalue weighted by Crippen LogP contribution is -2.41. The predicted molar refractivity (Wildman–Crippen MR) is 116 cm³/mol. The van der Waals surface area contributed by atoms with Gasteiger partial charge in [-0.1, -0.05) is 29.0 Å². The number of nitrogens with one attached hydrogen (secondary N) is 4. The van der Waals surface area contributed by atoms with Gasteiger partial charge in [0.2, 0.25) is 0 Å². The smallest absolute Gasteiger partial charge is 0.266 e. The zero-order valence-corrected chi connectivity index (χ0v) is 18.3. The van der Waals surface area contributed by atoms with Gasteiger partial charge in [0.1, 0.15) is 10.7 Å². The molecule has 1 aliphatic heterocycles. The number of aromatic nitrogens is 1. The van der Waals surface area contributed by atoms with E-state index in [1.807, 2.05) is 10.9 Å². The Morgan fingerprint density at radius 2 is 2.07 bits per heavy atom. The van der Waals surface area contributed by atoms with Crippen molar-refractivity contribution in [1.82, 2.24) is 15.6 Å². The average molecular weight is 478 g/mol. The van der Waals surface area contributed by atoms with Gasteiger partial charge in [-0.05, 0) is 44.1 Å². The van der Waals surface area contributed by atoms with Crippen LogP contribution in [0.2, 0.25) is 5.02 Å². The van der Waals surface area contributed by atoms with Gasteiger partial charge in [-0.15, -0.1) is 0 Å². The van der Waals surface area contributed by atoms with Crippen molar-refractivity contribution in [3.63, 3.8) is 0 Å². The summed E-state index contributed by atoms with van der Waals surface area (Å²) in [4.78, 5) is 2.93. The Kier molecular flexibility index (Phi) is 7.87. The maximum Gasteiger partial charge on any atom is 0.266 e. The van der Waals surface area contributed by atoms with E-state index in [1.54, 1.807) is 0 Å². The van der Waals surface area contributed by atoms with E-state index in [9.17, 15) is 17.2 Å². The standard InChI is InChI=1S/C18H22ClF2N5O2S2/c19-13-9-16(30(27,28)26-18-25-11-17(21)29-18)14(20)10-15(13)24-6-2-1-5-22-7-3-12-4-8-23-12/h3,7,9-12,22-24H,1-2,4-6,8H2,(H,25,26)/b7-3+. The largest absolute Gasteiger partial charge is 0.391 e. The summed E-state index contributed by atoms with van der Waals surface area (Å²) in [6.07, 6.45) is 7.80. The molecule has 164 valence electrons. The monoisotopic (exact) mass is 477 g/mol. The van der Waals surface area contributed by atoms with Gasteiger partial charge >= 0.3 is 0 Å². The molecule has 3 rings (SSSR count). The second-order valence-electron chi connectivity index (χ2n) is 6.63. The highest BCUT2D eigenvalue weighted by Gasteiger charge is 2.23. The quantitative estimate of drug-likeness (QED) is 0.370. The van der Waals surface area contributed by atoms with Gasteiger partial charge in [-0.2, -0.15) is 4.39 Å². The van der Waals surface area contributed by atoms with Crippen LogP contribution in [0.5, 0.6) is 0 Å². The molecule has 1 aromatic carbocycles. The molecule has 4 N–H and O–H groups in total. The molecule has 0 bridgehead atoms. The van der Waals surface area contributed by atoms with Crippen molar-refractivity contribution in [2.75, 3.05) is 29.7 Å². The normalized spacial score (nSPS) is 16.4. The first-order chi connectivity index (χ1) is 14.3. The van der Waals surface area contributed by atoms with Crippen molar-refractivity contribution in [3.05, 3.63) is 46.6 Å². The van der Waals surface area contributed by atoms with Crippen LogP contribution in [-0.4, -0.2) is 39.1 Å². The van der Waals surface area contributed by atoms with Crippen molar-refractivity contribution in [3.8, 4) is 0 Å². The van der Waals surface area contributed by atoms with E-state index in [-0.39, 0.29) is 10.2 Å². The zero-order valence-electron chi connectivity index (χ0n) is 15.9. The minimum absolute atomic E-state index is 0.0659. The molecule has 2 heterocycles. The molecule has 0 aliphatic carbocycles. The first-order valence-electron chi connectivity index (χ1n) is 9.35. The van der Waals surface area contributed by atoms with Crippen LogP contribution in [0.3, 0.4) is 0 Å². The third-order valence-electron chi connectivity index (χ3n) is 4.38. The SMILES string of the molecule is O=S(=O)(Nc1ncc(F)s1)c1cc(Cl)c(NCCCCN/C=C/C2CCN2)cc1F. The van der Waals surface area contributed by atoms with Crippen LogP contribution in [0.15, 0.2) is 35.5 Å². The van der Waals surface area contributed by atoms with Crippen molar-refractivity contribution < 1.29 is 17.2 Å². The van der Waals surface area contributed by atoms with Gasteiger partial charge in [-0.3, -0.25) is 4.72 Å². The Balaban J connectivity index is 1.48. The summed E-state index contributed by atoms with van der Waals surface area (Å²) >= 11 is 6.62. The van der Waals surface area contributed by atoms with E-state index in [0.717, 1.165) is 44.3 Å². The second-order valence-corrected chi connectivity index (χ2v) is 9.67. The molecule has 1 fully saturated rings. The van der Waals surface area contributed by atoms with Crippen molar-refractivity contribution in [1.29, 1.82) is 0 Å². The van der Waals surface area contributed by atoms with Crippen LogP contribution in [0.25, 0.3) is 0 Å². The number of hydrogen-bond acceptors (Lipinski definition) is 7. The number of sulfonamides is 1. The number of thiazole rings is 1. The highest BCUT2D eigenvalue weighted by atomic mass is 35.5. The number of halogens is 3. The summed E-state index contributed by atoms with van der Waals surface area (Å²) in [7, 11) is -4.29. The molecular weight excluding hydrogens is 456 g/mol. The van der Waals surface area contributed by atoms with Crippen LogP contribution < -0.4 is 20.7 Å². The Morgan fingerprint density at radius 1 is 1.30 bits per heavy atom. The number of unbranched alkanes of at least 4 members (excludes halogenated alkanes) is 1. The molecule has 0 amide bonds. The lowest BCUT2D eigenvalue weighted by atomic mass is 10.1. The van der Waals surface area contributed by atoms with Crippen LogP contribution in [0.1, 0.15) is 19.3 Å². The van der Waals surface area contributed by atoms with Gasteiger partial charge in [0.25, 0.3) is 10.0 Å². The minimum atomic E-state index is -4.29. The Labute approximate surface area is 183 Å². The number of benzene rings is 1. The van der Waals surface area contributed by atoms with Gasteiger partial charge in [0, 0.05) is 19.1 Å².